The molecule has 0 bridgehead atoms. The Morgan fingerprint density at radius 3 is 2.24 bits per heavy atom. The second kappa shape index (κ2) is 10.3. The Bertz CT molecular complexity index is 1180. The Morgan fingerprint density at radius 2 is 1.65 bits per heavy atom. The summed E-state index contributed by atoms with van der Waals surface area (Å²) in [4.78, 5) is 25.3. The van der Waals surface area contributed by atoms with Crippen LogP contribution in [0.3, 0.4) is 0 Å². The highest BCUT2D eigenvalue weighted by Gasteiger charge is 2.30. The minimum atomic E-state index is -4.25. The largest absolute Gasteiger partial charge is 0.478 e. The van der Waals surface area contributed by atoms with Gasteiger partial charge in [0.1, 0.15) is 5.75 Å². The lowest BCUT2D eigenvalue weighted by Crippen LogP contribution is -2.37. The molecule has 0 aliphatic carbocycles. The van der Waals surface area contributed by atoms with E-state index < -0.39 is 24.2 Å². The standard InChI is InChI=1S/C25H22BrF3O4S/c1-24(2,23(31)32)33-20-10-6-15(13-18(20)26)5-9-19(30)22-12-11-21(34-22)17-7-3-16(4-8-17)14-25(27,28)29/h3-4,6-8,10-13H,5,9,14H2,1-2H3,(H,31,32). The summed E-state index contributed by atoms with van der Waals surface area (Å²) in [6, 6.07) is 14.9. The first-order valence-corrected chi connectivity index (χ1v) is 11.9. The predicted molar refractivity (Wildman–Crippen MR) is 129 cm³/mol. The zero-order valence-electron chi connectivity index (χ0n) is 18.4. The van der Waals surface area contributed by atoms with Crippen LogP contribution in [0.25, 0.3) is 10.4 Å². The SMILES string of the molecule is CC(C)(Oc1ccc(CCC(=O)c2ccc(-c3ccc(CC(F)(F)F)cc3)s2)cc1Br)C(=O)O. The van der Waals surface area contributed by atoms with Gasteiger partial charge in [-0.25, -0.2) is 4.79 Å². The molecule has 0 amide bonds. The van der Waals surface area contributed by atoms with Gasteiger partial charge < -0.3 is 9.84 Å². The zero-order valence-corrected chi connectivity index (χ0v) is 20.8. The number of thiophene rings is 1. The van der Waals surface area contributed by atoms with Crippen LogP contribution in [-0.2, 0) is 17.6 Å². The maximum atomic E-state index is 12.7. The Morgan fingerprint density at radius 1 is 1.00 bits per heavy atom. The molecule has 3 rings (SSSR count). The molecule has 0 radical (unpaired) electrons. The van der Waals surface area contributed by atoms with Gasteiger partial charge in [0.25, 0.3) is 0 Å². The summed E-state index contributed by atoms with van der Waals surface area (Å²) >= 11 is 4.69. The van der Waals surface area contributed by atoms with E-state index in [9.17, 15) is 27.9 Å². The van der Waals surface area contributed by atoms with E-state index in [2.05, 4.69) is 15.9 Å². The maximum Gasteiger partial charge on any atom is 0.393 e. The van der Waals surface area contributed by atoms with Crippen LogP contribution in [0.5, 0.6) is 5.75 Å². The van der Waals surface area contributed by atoms with Gasteiger partial charge >= 0.3 is 12.1 Å². The number of hydrogen-bond donors (Lipinski definition) is 1. The van der Waals surface area contributed by atoms with E-state index in [1.165, 1.54) is 37.3 Å². The van der Waals surface area contributed by atoms with Crippen LogP contribution in [0.4, 0.5) is 13.2 Å². The number of carbonyl (C=O) groups excluding carboxylic acids is 1. The van der Waals surface area contributed by atoms with Crippen molar-refractivity contribution in [2.45, 2.75) is 44.9 Å². The van der Waals surface area contributed by atoms with Crippen LogP contribution in [0.1, 0.15) is 41.1 Å². The summed E-state index contributed by atoms with van der Waals surface area (Å²) in [5, 5.41) is 9.21. The van der Waals surface area contributed by atoms with Crippen molar-refractivity contribution >= 4 is 39.0 Å². The van der Waals surface area contributed by atoms with Crippen LogP contribution in [0.2, 0.25) is 0 Å². The van der Waals surface area contributed by atoms with E-state index in [1.807, 2.05) is 0 Å². The van der Waals surface area contributed by atoms with Crippen LogP contribution in [0, 0.1) is 0 Å². The first kappa shape index (κ1) is 26.0. The molecule has 0 atom stereocenters. The number of rotatable bonds is 9. The smallest absolute Gasteiger partial charge is 0.393 e. The molecule has 9 heteroatoms. The van der Waals surface area contributed by atoms with Crippen LogP contribution < -0.4 is 4.74 Å². The molecule has 0 saturated carbocycles. The number of carbonyl (C=O) groups is 2. The summed E-state index contributed by atoms with van der Waals surface area (Å²) in [6.07, 6.45) is -4.46. The number of ether oxygens (including phenoxy) is 1. The third kappa shape index (κ3) is 6.93. The Kier molecular flexibility index (Phi) is 7.88. The lowest BCUT2D eigenvalue weighted by atomic mass is 10.1. The molecular formula is C25H22BrF3O4S. The molecule has 1 N–H and O–H groups in total. The van der Waals surface area contributed by atoms with E-state index in [0.717, 1.165) is 16.0 Å². The summed E-state index contributed by atoms with van der Waals surface area (Å²) < 4.78 is 43.7. The van der Waals surface area contributed by atoms with Gasteiger partial charge in [0.2, 0.25) is 0 Å². The van der Waals surface area contributed by atoms with E-state index in [1.54, 1.807) is 42.5 Å². The molecule has 34 heavy (non-hydrogen) atoms. The van der Waals surface area contributed by atoms with Crippen molar-refractivity contribution in [1.82, 2.24) is 0 Å². The van der Waals surface area contributed by atoms with Crippen LogP contribution in [0.15, 0.2) is 59.1 Å². The normalized spacial score (nSPS) is 11.9. The van der Waals surface area contributed by atoms with Crippen molar-refractivity contribution < 1.29 is 32.6 Å². The fourth-order valence-electron chi connectivity index (χ4n) is 3.14. The second-order valence-corrected chi connectivity index (χ2v) is 10.2. The molecule has 180 valence electrons. The van der Waals surface area contributed by atoms with Gasteiger partial charge in [-0.3, -0.25) is 4.79 Å². The lowest BCUT2D eigenvalue weighted by Gasteiger charge is -2.22. The molecule has 0 unspecified atom stereocenters. The van der Waals surface area contributed by atoms with Crippen molar-refractivity contribution in [2.24, 2.45) is 0 Å². The molecule has 0 fully saturated rings. The molecule has 0 saturated heterocycles. The molecule has 1 aromatic heterocycles. The van der Waals surface area contributed by atoms with Gasteiger partial charge in [-0.1, -0.05) is 30.3 Å². The first-order chi connectivity index (χ1) is 15.8. The fraction of sp³-hybridized carbons (Fsp3) is 0.280. The Labute approximate surface area is 207 Å². The number of aliphatic carboxylic acids is 1. The fourth-order valence-corrected chi connectivity index (χ4v) is 4.63. The Balaban J connectivity index is 1.61. The highest BCUT2D eigenvalue weighted by atomic mass is 79.9. The van der Waals surface area contributed by atoms with Crippen LogP contribution in [-0.4, -0.2) is 28.6 Å². The van der Waals surface area contributed by atoms with Gasteiger partial charge in [0.05, 0.1) is 15.8 Å². The number of alkyl halides is 3. The van der Waals surface area contributed by atoms with E-state index in [0.29, 0.717) is 21.5 Å². The van der Waals surface area contributed by atoms with Gasteiger partial charge in [-0.15, -0.1) is 11.3 Å². The summed E-state index contributed by atoms with van der Waals surface area (Å²) in [5.41, 5.74) is 0.463. The lowest BCUT2D eigenvalue weighted by molar-refractivity contribution is -0.152. The quantitative estimate of drug-likeness (QED) is 0.281. The highest BCUT2D eigenvalue weighted by Crippen LogP contribution is 2.32. The summed E-state index contributed by atoms with van der Waals surface area (Å²) in [6.45, 7) is 2.92. The molecule has 0 aliphatic rings. The maximum absolute atomic E-state index is 12.7. The number of halogens is 4. The monoisotopic (exact) mass is 554 g/mol. The van der Waals surface area contributed by atoms with Crippen molar-refractivity contribution in [3.05, 3.63) is 75.1 Å². The molecule has 0 aliphatic heterocycles. The summed E-state index contributed by atoms with van der Waals surface area (Å²) in [5.74, 6) is -0.721. The molecule has 0 spiro atoms. The van der Waals surface area contributed by atoms with Gasteiger partial charge in [0, 0.05) is 11.3 Å². The van der Waals surface area contributed by atoms with E-state index in [-0.39, 0.29) is 17.8 Å². The van der Waals surface area contributed by atoms with Crippen LogP contribution >= 0.6 is 27.3 Å². The van der Waals surface area contributed by atoms with E-state index >= 15 is 0 Å². The predicted octanol–water partition coefficient (Wildman–Crippen LogP) is 7.34. The second-order valence-electron chi connectivity index (χ2n) is 8.26. The number of carboxylic acid groups (broad SMARTS) is 1. The molecular weight excluding hydrogens is 533 g/mol. The molecule has 4 nitrogen and oxygen atoms in total. The third-order valence-electron chi connectivity index (χ3n) is 5.04. The topological polar surface area (TPSA) is 63.6 Å². The van der Waals surface area contributed by atoms with Gasteiger partial charge in [0.15, 0.2) is 11.4 Å². The average molecular weight is 555 g/mol. The number of carboxylic acids is 1. The van der Waals surface area contributed by atoms with Crippen molar-refractivity contribution in [3.63, 3.8) is 0 Å². The van der Waals surface area contributed by atoms with Crippen molar-refractivity contribution in [1.29, 1.82) is 0 Å². The zero-order chi connectivity index (χ0) is 25.1. The third-order valence-corrected chi connectivity index (χ3v) is 6.84. The molecule has 1 heterocycles. The first-order valence-electron chi connectivity index (χ1n) is 10.3. The number of hydrogen-bond acceptors (Lipinski definition) is 4. The highest BCUT2D eigenvalue weighted by molar-refractivity contribution is 9.10. The van der Waals surface area contributed by atoms with Crippen molar-refractivity contribution in [2.75, 3.05) is 0 Å². The van der Waals surface area contributed by atoms with Gasteiger partial charge in [-0.05, 0) is 77.2 Å². The minimum Gasteiger partial charge on any atom is -0.478 e. The number of Topliss-reactive ketones (excluding diaryl/α,β-unsaturated/α-hetero) is 1. The Hall–Kier alpha value is -2.65. The van der Waals surface area contributed by atoms with Crippen molar-refractivity contribution in [3.8, 4) is 16.2 Å². The van der Waals surface area contributed by atoms with Gasteiger partial charge in [-0.2, -0.15) is 13.2 Å². The average Bonchev–Trinajstić information content (AvgIpc) is 3.23. The van der Waals surface area contributed by atoms with E-state index in [4.69, 9.17) is 4.74 Å². The molecule has 2 aromatic carbocycles. The minimum absolute atomic E-state index is 0.0339. The summed E-state index contributed by atoms with van der Waals surface area (Å²) in [7, 11) is 0. The number of benzene rings is 2. The number of aryl methyl sites for hydroxylation is 1. The number of ketones is 1. The molecule has 3 aromatic rings.